The molecule has 184 valence electrons. The normalized spacial score (nSPS) is 11.6. The fourth-order valence-corrected chi connectivity index (χ4v) is 5.18. The third-order valence-electron chi connectivity index (χ3n) is 5.58. The number of halogens is 2. The summed E-state index contributed by atoms with van der Waals surface area (Å²) in [6, 6.07) is 24.5. The molecule has 0 saturated heterocycles. The summed E-state index contributed by atoms with van der Waals surface area (Å²) in [5, 5.41) is 3.85. The van der Waals surface area contributed by atoms with Crippen molar-refractivity contribution in [2.45, 2.75) is 38.1 Å². The van der Waals surface area contributed by atoms with Crippen molar-refractivity contribution in [3.05, 3.63) is 106 Å². The number of hydrogen-bond donors (Lipinski definition) is 1. The van der Waals surface area contributed by atoms with Gasteiger partial charge in [-0.2, -0.15) is 11.8 Å². The highest BCUT2D eigenvalue weighted by Gasteiger charge is 2.30. The first-order valence-electron chi connectivity index (χ1n) is 11.6. The predicted octanol–water partition coefficient (Wildman–Crippen LogP) is 6.39. The third-order valence-corrected chi connectivity index (χ3v) is 7.32. The van der Waals surface area contributed by atoms with Gasteiger partial charge in [0.25, 0.3) is 0 Å². The molecule has 0 aliphatic heterocycles. The van der Waals surface area contributed by atoms with Crippen LogP contribution < -0.4 is 5.32 Å². The minimum atomic E-state index is -0.684. The molecule has 0 spiro atoms. The Bertz CT molecular complexity index is 1080. The summed E-state index contributed by atoms with van der Waals surface area (Å²) in [5.41, 5.74) is 2.84. The van der Waals surface area contributed by atoms with Crippen LogP contribution in [0.5, 0.6) is 0 Å². The standard InChI is InChI=1S/C28H30Cl2N2O2S/c1-2-31-28(34)26(18-21-10-5-3-6-11-21)32(19-23-24(29)14-9-15-25(23)30)27(33)16-17-35-20-22-12-7-4-8-13-22/h3-15,26H,2,16-20H2,1H3,(H,31,34)/t26-/m0/s1. The zero-order valence-electron chi connectivity index (χ0n) is 19.8. The van der Waals surface area contributed by atoms with E-state index in [1.54, 1.807) is 34.9 Å². The molecule has 2 amide bonds. The molecule has 3 aromatic carbocycles. The van der Waals surface area contributed by atoms with Gasteiger partial charge in [-0.3, -0.25) is 9.59 Å². The molecule has 3 rings (SSSR count). The zero-order chi connectivity index (χ0) is 25.0. The van der Waals surface area contributed by atoms with Crippen LogP contribution in [-0.2, 0) is 28.3 Å². The number of hydrogen-bond acceptors (Lipinski definition) is 3. The number of carbonyl (C=O) groups excluding carboxylic acids is 2. The summed E-state index contributed by atoms with van der Waals surface area (Å²) < 4.78 is 0. The van der Waals surface area contributed by atoms with E-state index in [0.717, 1.165) is 11.3 Å². The van der Waals surface area contributed by atoms with E-state index in [1.807, 2.05) is 55.5 Å². The van der Waals surface area contributed by atoms with Crippen molar-refractivity contribution < 1.29 is 9.59 Å². The van der Waals surface area contributed by atoms with E-state index in [-0.39, 0.29) is 18.4 Å². The van der Waals surface area contributed by atoms with Gasteiger partial charge in [-0.05, 0) is 30.2 Å². The highest BCUT2D eigenvalue weighted by Crippen LogP contribution is 2.28. The van der Waals surface area contributed by atoms with E-state index in [2.05, 4.69) is 17.4 Å². The maximum Gasteiger partial charge on any atom is 0.243 e. The third kappa shape index (κ3) is 8.31. The van der Waals surface area contributed by atoms with Gasteiger partial charge in [-0.25, -0.2) is 0 Å². The number of thioether (sulfide) groups is 1. The highest BCUT2D eigenvalue weighted by atomic mass is 35.5. The summed E-state index contributed by atoms with van der Waals surface area (Å²) >= 11 is 14.6. The van der Waals surface area contributed by atoms with Crippen molar-refractivity contribution in [3.63, 3.8) is 0 Å². The van der Waals surface area contributed by atoms with Crippen molar-refractivity contribution in [1.29, 1.82) is 0 Å². The average molecular weight is 530 g/mol. The Kier molecular flexibility index (Phi) is 11.0. The number of carbonyl (C=O) groups is 2. The van der Waals surface area contributed by atoms with E-state index in [4.69, 9.17) is 23.2 Å². The number of benzene rings is 3. The molecule has 0 heterocycles. The molecule has 0 radical (unpaired) electrons. The molecule has 0 aromatic heterocycles. The molecule has 35 heavy (non-hydrogen) atoms. The monoisotopic (exact) mass is 528 g/mol. The van der Waals surface area contributed by atoms with Crippen LogP contribution in [0, 0.1) is 0 Å². The lowest BCUT2D eigenvalue weighted by Crippen LogP contribution is -2.50. The maximum atomic E-state index is 13.6. The first-order chi connectivity index (χ1) is 17.0. The first kappa shape index (κ1) is 27.1. The molecule has 3 aromatic rings. The van der Waals surface area contributed by atoms with E-state index in [1.165, 1.54) is 5.56 Å². The number of rotatable bonds is 12. The van der Waals surface area contributed by atoms with Gasteiger partial charge in [0.05, 0.1) is 0 Å². The molecule has 0 unspecified atom stereocenters. The largest absolute Gasteiger partial charge is 0.355 e. The lowest BCUT2D eigenvalue weighted by atomic mass is 10.0. The molecule has 1 N–H and O–H groups in total. The quantitative estimate of drug-likeness (QED) is 0.277. The van der Waals surface area contributed by atoms with E-state index >= 15 is 0 Å². The second-order valence-electron chi connectivity index (χ2n) is 8.11. The van der Waals surface area contributed by atoms with Crippen LogP contribution in [0.3, 0.4) is 0 Å². The molecule has 0 fully saturated rings. The van der Waals surface area contributed by atoms with Crippen LogP contribution in [0.2, 0.25) is 10.0 Å². The van der Waals surface area contributed by atoms with Gasteiger partial charge in [-0.15, -0.1) is 0 Å². The van der Waals surface area contributed by atoms with Gasteiger partial charge in [0.15, 0.2) is 0 Å². The van der Waals surface area contributed by atoms with Crippen LogP contribution in [-0.4, -0.2) is 35.1 Å². The maximum absolute atomic E-state index is 13.6. The Morgan fingerprint density at radius 3 is 2.09 bits per heavy atom. The molecule has 1 atom stereocenters. The van der Waals surface area contributed by atoms with Crippen molar-refractivity contribution in [1.82, 2.24) is 10.2 Å². The number of likely N-dealkylation sites (N-methyl/N-ethyl adjacent to an activating group) is 1. The second kappa shape index (κ2) is 14.2. The number of nitrogens with zero attached hydrogens (tertiary/aromatic N) is 1. The Morgan fingerprint density at radius 2 is 1.49 bits per heavy atom. The molecule has 7 heteroatoms. The van der Waals surface area contributed by atoms with Gasteiger partial charge >= 0.3 is 0 Å². The lowest BCUT2D eigenvalue weighted by molar-refractivity contribution is -0.140. The highest BCUT2D eigenvalue weighted by molar-refractivity contribution is 7.98. The van der Waals surface area contributed by atoms with Gasteiger partial charge in [0.1, 0.15) is 6.04 Å². The fourth-order valence-electron chi connectivity index (χ4n) is 3.77. The van der Waals surface area contributed by atoms with Crippen molar-refractivity contribution >= 4 is 46.8 Å². The SMILES string of the molecule is CCNC(=O)[C@H](Cc1ccccc1)N(Cc1c(Cl)cccc1Cl)C(=O)CCSCc1ccccc1. The summed E-state index contributed by atoms with van der Waals surface area (Å²) in [5.74, 6) is 1.18. The van der Waals surface area contributed by atoms with E-state index in [0.29, 0.717) is 40.7 Å². The summed E-state index contributed by atoms with van der Waals surface area (Å²) in [7, 11) is 0. The molecule has 0 saturated carbocycles. The van der Waals surface area contributed by atoms with Gasteiger partial charge in [0.2, 0.25) is 11.8 Å². The fraction of sp³-hybridized carbons (Fsp3) is 0.286. The smallest absolute Gasteiger partial charge is 0.243 e. The molecular formula is C28H30Cl2N2O2S. The minimum Gasteiger partial charge on any atom is -0.355 e. The Morgan fingerprint density at radius 1 is 0.886 bits per heavy atom. The zero-order valence-corrected chi connectivity index (χ0v) is 22.1. The van der Waals surface area contributed by atoms with Crippen LogP contribution in [0.25, 0.3) is 0 Å². The first-order valence-corrected chi connectivity index (χ1v) is 13.6. The number of nitrogens with one attached hydrogen (secondary N) is 1. The van der Waals surface area contributed by atoms with Gasteiger partial charge < -0.3 is 10.2 Å². The second-order valence-corrected chi connectivity index (χ2v) is 10.0. The molecule has 4 nitrogen and oxygen atoms in total. The molecular weight excluding hydrogens is 499 g/mol. The summed E-state index contributed by atoms with van der Waals surface area (Å²) in [4.78, 5) is 28.4. The van der Waals surface area contributed by atoms with Crippen molar-refractivity contribution in [3.8, 4) is 0 Å². The van der Waals surface area contributed by atoms with Gasteiger partial charge in [-0.1, -0.05) is 89.9 Å². The topological polar surface area (TPSA) is 49.4 Å². The molecule has 0 aliphatic rings. The van der Waals surface area contributed by atoms with Crippen LogP contribution in [0.15, 0.2) is 78.9 Å². The minimum absolute atomic E-state index is 0.103. The van der Waals surface area contributed by atoms with E-state index in [9.17, 15) is 9.59 Å². The Balaban J connectivity index is 1.82. The predicted molar refractivity (Wildman–Crippen MR) is 147 cm³/mol. The number of amides is 2. The lowest BCUT2D eigenvalue weighted by Gasteiger charge is -2.32. The molecule has 0 bridgehead atoms. The van der Waals surface area contributed by atoms with Crippen LogP contribution in [0.4, 0.5) is 0 Å². The van der Waals surface area contributed by atoms with Gasteiger partial charge in [0, 0.05) is 53.0 Å². The average Bonchev–Trinajstić information content (AvgIpc) is 2.87. The van der Waals surface area contributed by atoms with E-state index < -0.39 is 6.04 Å². The summed E-state index contributed by atoms with van der Waals surface area (Å²) in [6.45, 7) is 2.51. The van der Waals surface area contributed by atoms with Crippen molar-refractivity contribution in [2.24, 2.45) is 0 Å². The van der Waals surface area contributed by atoms with Crippen LogP contribution in [0.1, 0.15) is 30.0 Å². The Labute approximate surface area is 222 Å². The van der Waals surface area contributed by atoms with Crippen LogP contribution >= 0.6 is 35.0 Å². The Hall–Kier alpha value is -2.47. The molecule has 0 aliphatic carbocycles. The summed E-state index contributed by atoms with van der Waals surface area (Å²) in [6.07, 6.45) is 0.710. The van der Waals surface area contributed by atoms with Crippen molar-refractivity contribution in [2.75, 3.05) is 12.3 Å².